The van der Waals surface area contributed by atoms with Gasteiger partial charge in [-0.2, -0.15) is 0 Å². The van der Waals surface area contributed by atoms with Gasteiger partial charge >= 0.3 is 0 Å². The van der Waals surface area contributed by atoms with Crippen LogP contribution in [0.2, 0.25) is 0 Å². The fourth-order valence-corrected chi connectivity index (χ4v) is 3.79. The van der Waals surface area contributed by atoms with Crippen LogP contribution >= 0.6 is 12.4 Å². The Balaban J connectivity index is 0.00000225. The van der Waals surface area contributed by atoms with Crippen LogP contribution in [0.4, 0.5) is 0 Å². The largest absolute Gasteiger partial charge is 0.356 e. The Morgan fingerprint density at radius 1 is 0.893 bits per heavy atom. The van der Waals surface area contributed by atoms with Crippen molar-refractivity contribution in [3.05, 3.63) is 84.2 Å². The van der Waals surface area contributed by atoms with Crippen LogP contribution in [0.1, 0.15) is 37.1 Å². The molecule has 5 heteroatoms. The van der Waals surface area contributed by atoms with Gasteiger partial charge in [0, 0.05) is 34.8 Å². The first-order valence-electron chi connectivity index (χ1n) is 9.27. The van der Waals surface area contributed by atoms with E-state index in [2.05, 4.69) is 42.2 Å². The Bertz CT molecular complexity index is 1050. The third-order valence-electron chi connectivity index (χ3n) is 5.09. The first-order valence-corrected chi connectivity index (χ1v) is 9.27. The van der Waals surface area contributed by atoms with Crippen LogP contribution in [0.5, 0.6) is 0 Å². The third kappa shape index (κ3) is 3.66. The van der Waals surface area contributed by atoms with Crippen LogP contribution in [0.15, 0.2) is 77.4 Å². The van der Waals surface area contributed by atoms with E-state index in [1.165, 1.54) is 0 Å². The molecule has 2 N–H and O–H groups in total. The molecule has 0 aliphatic heterocycles. The predicted octanol–water partition coefficient (Wildman–Crippen LogP) is 5.75. The summed E-state index contributed by atoms with van der Waals surface area (Å²) >= 11 is 0. The molecule has 4 rings (SSSR count). The van der Waals surface area contributed by atoms with E-state index in [1.54, 1.807) is 0 Å². The Morgan fingerprint density at radius 2 is 1.61 bits per heavy atom. The average molecular weight is 394 g/mol. The Labute approximate surface area is 171 Å². The molecule has 0 spiro atoms. The van der Waals surface area contributed by atoms with E-state index in [1.807, 2.05) is 54.7 Å². The van der Waals surface area contributed by atoms with Crippen LogP contribution in [0, 0.1) is 5.92 Å². The predicted molar refractivity (Wildman–Crippen MR) is 115 cm³/mol. The fraction of sp³-hybridized carbons (Fsp3) is 0.217. The van der Waals surface area contributed by atoms with E-state index >= 15 is 0 Å². The third-order valence-corrected chi connectivity index (χ3v) is 5.09. The number of aromatic nitrogens is 2. The number of para-hydroxylation sites is 1. The van der Waals surface area contributed by atoms with E-state index < -0.39 is 0 Å². The molecule has 2 heterocycles. The lowest BCUT2D eigenvalue weighted by molar-refractivity contribution is 0.417. The topological polar surface area (TPSA) is 64.9 Å². The summed E-state index contributed by atoms with van der Waals surface area (Å²) in [7, 11) is 0. The molecule has 1 unspecified atom stereocenters. The minimum atomic E-state index is -0.202. The maximum atomic E-state index is 6.82. The van der Waals surface area contributed by atoms with Gasteiger partial charge in [0.25, 0.3) is 0 Å². The lowest BCUT2D eigenvalue weighted by Crippen LogP contribution is -2.25. The summed E-state index contributed by atoms with van der Waals surface area (Å²) in [4.78, 5) is 4.58. The molecule has 0 radical (unpaired) electrons. The molecule has 144 valence electrons. The maximum absolute atomic E-state index is 6.82. The van der Waals surface area contributed by atoms with Crippen LogP contribution in [-0.2, 0) is 0 Å². The first-order chi connectivity index (χ1) is 13.2. The summed E-state index contributed by atoms with van der Waals surface area (Å²) in [6.07, 6.45) is 1.83. The van der Waals surface area contributed by atoms with Gasteiger partial charge in [0.05, 0.1) is 0 Å². The zero-order valence-corrected chi connectivity index (χ0v) is 16.8. The van der Waals surface area contributed by atoms with Gasteiger partial charge < -0.3 is 10.3 Å². The lowest BCUT2D eigenvalue weighted by Gasteiger charge is -2.28. The number of nitrogens with two attached hydrogens (primary N) is 1. The molecule has 2 aromatic heterocycles. The fourth-order valence-electron chi connectivity index (χ4n) is 3.79. The molecule has 4 aromatic rings. The van der Waals surface area contributed by atoms with Gasteiger partial charge in [-0.3, -0.25) is 4.98 Å². The van der Waals surface area contributed by atoms with Crippen molar-refractivity contribution in [1.29, 1.82) is 0 Å². The average Bonchev–Trinajstić information content (AvgIpc) is 3.12. The van der Waals surface area contributed by atoms with Gasteiger partial charge in [-0.25, -0.2) is 0 Å². The van der Waals surface area contributed by atoms with Crippen molar-refractivity contribution in [1.82, 2.24) is 10.1 Å². The number of benzene rings is 2. The minimum Gasteiger partial charge on any atom is -0.356 e. The molecule has 28 heavy (non-hydrogen) atoms. The molecule has 2 atom stereocenters. The maximum Gasteiger partial charge on any atom is 0.167 e. The Morgan fingerprint density at radius 3 is 2.36 bits per heavy atom. The van der Waals surface area contributed by atoms with Crippen molar-refractivity contribution in [2.24, 2.45) is 11.7 Å². The van der Waals surface area contributed by atoms with Gasteiger partial charge in [-0.05, 0) is 35.7 Å². The smallest absolute Gasteiger partial charge is 0.167 e. The zero-order chi connectivity index (χ0) is 18.8. The van der Waals surface area contributed by atoms with E-state index in [4.69, 9.17) is 10.3 Å². The summed E-state index contributed by atoms with van der Waals surface area (Å²) in [6, 6.07) is 21.9. The molecule has 0 aliphatic rings. The van der Waals surface area contributed by atoms with Crippen molar-refractivity contribution in [3.63, 3.8) is 0 Å². The van der Waals surface area contributed by atoms with Gasteiger partial charge in [0.15, 0.2) is 5.58 Å². The molecule has 0 saturated carbocycles. The highest BCUT2D eigenvalue weighted by atomic mass is 35.5. The normalized spacial score (nSPS) is 13.3. The second-order valence-electron chi connectivity index (χ2n) is 7.16. The molecule has 4 nitrogen and oxygen atoms in total. The highest BCUT2D eigenvalue weighted by Gasteiger charge is 2.28. The zero-order valence-electron chi connectivity index (χ0n) is 15.9. The summed E-state index contributed by atoms with van der Waals surface area (Å²) in [5.74, 6) is 0.447. The molecule has 2 aromatic carbocycles. The number of pyridine rings is 1. The highest BCUT2D eigenvalue weighted by Crippen LogP contribution is 2.39. The molecule has 0 saturated heterocycles. The van der Waals surface area contributed by atoms with E-state index in [0.29, 0.717) is 5.92 Å². The van der Waals surface area contributed by atoms with Gasteiger partial charge in [0.2, 0.25) is 0 Å². The van der Waals surface area contributed by atoms with Gasteiger partial charge in [-0.15, -0.1) is 12.4 Å². The van der Waals surface area contributed by atoms with E-state index in [9.17, 15) is 0 Å². The summed E-state index contributed by atoms with van der Waals surface area (Å²) in [5, 5.41) is 5.34. The Kier molecular flexibility index (Phi) is 6.12. The number of nitrogens with zero attached hydrogens (tertiary/aromatic N) is 2. The number of halogens is 1. The second-order valence-corrected chi connectivity index (χ2v) is 7.16. The van der Waals surface area contributed by atoms with Crippen LogP contribution < -0.4 is 5.73 Å². The van der Waals surface area contributed by atoms with Crippen molar-refractivity contribution in [2.75, 3.05) is 0 Å². The van der Waals surface area contributed by atoms with E-state index in [0.717, 1.165) is 33.5 Å². The van der Waals surface area contributed by atoms with Crippen molar-refractivity contribution in [2.45, 2.75) is 25.8 Å². The number of rotatable bonds is 5. The summed E-state index contributed by atoms with van der Waals surface area (Å²) in [5.41, 5.74) is 11.5. The molecule has 0 amide bonds. The first kappa shape index (κ1) is 20.1. The number of hydrogen-bond acceptors (Lipinski definition) is 4. The Hall–Kier alpha value is -2.69. The molecule has 0 aliphatic carbocycles. The standard InChI is InChI=1S/C23H23N3O.ClH/c1-15(2)21(19-12-7-8-14-25-19)22(24)16-9-3-4-10-17(16)23-18-11-5-6-13-20(18)27-26-23;/h3-15,21-22H,24H2,1-2H3;1H/t21?,22-;/m1./s1. The van der Waals surface area contributed by atoms with Crippen LogP contribution in [0.25, 0.3) is 22.2 Å². The lowest BCUT2D eigenvalue weighted by atomic mass is 9.80. The van der Waals surface area contributed by atoms with Gasteiger partial charge in [-0.1, -0.05) is 61.5 Å². The number of hydrogen-bond donors (Lipinski definition) is 1. The van der Waals surface area contributed by atoms with Gasteiger partial charge in [0.1, 0.15) is 5.69 Å². The molecular weight excluding hydrogens is 370 g/mol. The quantitative estimate of drug-likeness (QED) is 0.468. The molecular formula is C23H24ClN3O. The van der Waals surface area contributed by atoms with Crippen LogP contribution in [0.3, 0.4) is 0 Å². The van der Waals surface area contributed by atoms with Crippen molar-refractivity contribution >= 4 is 23.4 Å². The summed E-state index contributed by atoms with van der Waals surface area (Å²) < 4.78 is 5.53. The van der Waals surface area contributed by atoms with E-state index in [-0.39, 0.29) is 24.4 Å². The second kappa shape index (κ2) is 8.55. The monoisotopic (exact) mass is 393 g/mol. The van der Waals surface area contributed by atoms with Crippen LogP contribution in [-0.4, -0.2) is 10.1 Å². The van der Waals surface area contributed by atoms with Crippen molar-refractivity contribution in [3.8, 4) is 11.3 Å². The highest BCUT2D eigenvalue weighted by molar-refractivity contribution is 5.92. The molecule has 0 bridgehead atoms. The SMILES string of the molecule is CC(C)C(c1ccccn1)[C@H](N)c1ccccc1-c1noc2ccccc12.Cl. The summed E-state index contributed by atoms with van der Waals surface area (Å²) in [6.45, 7) is 4.38. The minimum absolute atomic E-state index is 0. The number of fused-ring (bicyclic) bond motifs is 1. The van der Waals surface area contributed by atoms with Crippen molar-refractivity contribution < 1.29 is 4.52 Å². The molecule has 0 fully saturated rings.